The molecule has 0 saturated carbocycles. The number of rotatable bonds is 2. The zero-order valence-electron chi connectivity index (χ0n) is 7.57. The lowest BCUT2D eigenvalue weighted by Crippen LogP contribution is -2.10. The molecule has 2 aromatic rings. The number of aromatic nitrogens is 2. The predicted molar refractivity (Wildman–Crippen MR) is 55.6 cm³/mol. The predicted octanol–water partition coefficient (Wildman–Crippen LogP) is 2.03. The zero-order chi connectivity index (χ0) is 9.97. The van der Waals surface area contributed by atoms with Crippen LogP contribution in [-0.2, 0) is 0 Å². The molecule has 14 heavy (non-hydrogen) atoms. The molecule has 0 saturated heterocycles. The molecule has 2 rings (SSSR count). The molecule has 0 aromatic carbocycles. The van der Waals surface area contributed by atoms with Gasteiger partial charge in [0, 0.05) is 17.3 Å². The van der Waals surface area contributed by atoms with E-state index in [1.807, 2.05) is 13.0 Å². The van der Waals surface area contributed by atoms with Crippen LogP contribution in [0.4, 0.5) is 5.95 Å². The topological polar surface area (TPSA) is 57.8 Å². The highest BCUT2D eigenvalue weighted by molar-refractivity contribution is 7.14. The molecule has 0 atom stereocenters. The fraction of sp³-hybridized carbons (Fsp3) is 0.111. The Labute approximate surface area is 85.0 Å². The SMILES string of the molecule is Cc1ccc(C(=O)Nc2ncc[nH]2)s1. The van der Waals surface area contributed by atoms with E-state index >= 15 is 0 Å². The molecule has 2 heterocycles. The number of nitrogens with one attached hydrogen (secondary N) is 2. The first kappa shape index (κ1) is 8.96. The molecule has 0 radical (unpaired) electrons. The highest BCUT2D eigenvalue weighted by Gasteiger charge is 2.08. The number of aryl methyl sites for hydroxylation is 1. The first-order chi connectivity index (χ1) is 6.75. The minimum Gasteiger partial charge on any atom is -0.331 e. The van der Waals surface area contributed by atoms with Gasteiger partial charge in [-0.3, -0.25) is 10.1 Å². The average Bonchev–Trinajstić information content (AvgIpc) is 2.75. The summed E-state index contributed by atoms with van der Waals surface area (Å²) in [6, 6.07) is 3.72. The largest absolute Gasteiger partial charge is 0.331 e. The van der Waals surface area contributed by atoms with Crippen LogP contribution in [0.3, 0.4) is 0 Å². The van der Waals surface area contributed by atoms with Gasteiger partial charge in [0.25, 0.3) is 5.91 Å². The molecule has 4 nitrogen and oxygen atoms in total. The summed E-state index contributed by atoms with van der Waals surface area (Å²) in [7, 11) is 0. The number of carbonyl (C=O) groups excluding carboxylic acids is 1. The van der Waals surface area contributed by atoms with Crippen LogP contribution < -0.4 is 5.32 Å². The van der Waals surface area contributed by atoms with Crippen molar-refractivity contribution in [2.24, 2.45) is 0 Å². The van der Waals surface area contributed by atoms with Crippen molar-refractivity contribution in [2.75, 3.05) is 5.32 Å². The van der Waals surface area contributed by atoms with Crippen molar-refractivity contribution in [1.29, 1.82) is 0 Å². The monoisotopic (exact) mass is 207 g/mol. The number of H-pyrrole nitrogens is 1. The minimum atomic E-state index is -0.127. The van der Waals surface area contributed by atoms with Gasteiger partial charge >= 0.3 is 0 Å². The van der Waals surface area contributed by atoms with Crippen molar-refractivity contribution in [3.8, 4) is 0 Å². The van der Waals surface area contributed by atoms with Gasteiger partial charge in [0.2, 0.25) is 5.95 Å². The maximum Gasteiger partial charge on any atom is 0.268 e. The molecule has 0 bridgehead atoms. The molecule has 0 aliphatic rings. The normalized spacial score (nSPS) is 10.1. The van der Waals surface area contributed by atoms with Gasteiger partial charge in [-0.25, -0.2) is 4.98 Å². The lowest BCUT2D eigenvalue weighted by atomic mass is 10.4. The van der Waals surface area contributed by atoms with E-state index in [9.17, 15) is 4.79 Å². The number of imidazole rings is 1. The maximum absolute atomic E-state index is 11.6. The van der Waals surface area contributed by atoms with Crippen molar-refractivity contribution in [3.63, 3.8) is 0 Å². The van der Waals surface area contributed by atoms with E-state index in [-0.39, 0.29) is 5.91 Å². The summed E-state index contributed by atoms with van der Waals surface area (Å²) in [5, 5.41) is 2.66. The number of thiophene rings is 1. The molecular formula is C9H9N3OS. The van der Waals surface area contributed by atoms with E-state index in [1.165, 1.54) is 11.3 Å². The van der Waals surface area contributed by atoms with Gasteiger partial charge in [-0.15, -0.1) is 11.3 Å². The van der Waals surface area contributed by atoms with Crippen LogP contribution >= 0.6 is 11.3 Å². The Kier molecular flexibility index (Phi) is 2.32. The summed E-state index contributed by atoms with van der Waals surface area (Å²) in [4.78, 5) is 20.1. The maximum atomic E-state index is 11.6. The summed E-state index contributed by atoms with van der Waals surface area (Å²) in [6.45, 7) is 1.97. The molecule has 0 unspecified atom stereocenters. The van der Waals surface area contributed by atoms with E-state index in [2.05, 4.69) is 15.3 Å². The second-order valence-corrected chi connectivity index (χ2v) is 4.09. The molecule has 1 amide bonds. The Morgan fingerprint density at radius 1 is 1.57 bits per heavy atom. The molecular weight excluding hydrogens is 198 g/mol. The third kappa shape index (κ3) is 1.82. The van der Waals surface area contributed by atoms with Crippen LogP contribution in [0.2, 0.25) is 0 Å². The quantitative estimate of drug-likeness (QED) is 0.791. The third-order valence-electron chi connectivity index (χ3n) is 1.69. The van der Waals surface area contributed by atoms with Gasteiger partial charge in [-0.1, -0.05) is 0 Å². The van der Waals surface area contributed by atoms with E-state index in [4.69, 9.17) is 0 Å². The summed E-state index contributed by atoms with van der Waals surface area (Å²) in [5.41, 5.74) is 0. The van der Waals surface area contributed by atoms with Gasteiger partial charge in [-0.2, -0.15) is 0 Å². The molecule has 5 heteroatoms. The molecule has 0 aliphatic heterocycles. The fourth-order valence-electron chi connectivity index (χ4n) is 1.06. The second kappa shape index (κ2) is 3.63. The number of hydrogen-bond acceptors (Lipinski definition) is 3. The van der Waals surface area contributed by atoms with E-state index in [1.54, 1.807) is 18.5 Å². The van der Waals surface area contributed by atoms with Gasteiger partial charge < -0.3 is 4.98 Å². The number of hydrogen-bond donors (Lipinski definition) is 2. The standard InChI is InChI=1S/C9H9N3OS/c1-6-2-3-7(14-6)8(13)12-9-10-4-5-11-9/h2-5H,1H3,(H2,10,11,12,13). The summed E-state index contributed by atoms with van der Waals surface area (Å²) < 4.78 is 0. The Balaban J connectivity index is 2.10. The summed E-state index contributed by atoms with van der Waals surface area (Å²) in [5.74, 6) is 0.346. The van der Waals surface area contributed by atoms with Gasteiger partial charge in [0.1, 0.15) is 0 Å². The van der Waals surface area contributed by atoms with Gasteiger partial charge in [-0.05, 0) is 19.1 Å². The second-order valence-electron chi connectivity index (χ2n) is 2.80. The van der Waals surface area contributed by atoms with Crippen LogP contribution in [0.25, 0.3) is 0 Å². The van der Waals surface area contributed by atoms with E-state index < -0.39 is 0 Å². The lowest BCUT2D eigenvalue weighted by molar-refractivity contribution is 0.103. The molecule has 2 aromatic heterocycles. The molecule has 72 valence electrons. The van der Waals surface area contributed by atoms with Crippen molar-refractivity contribution in [3.05, 3.63) is 34.3 Å². The molecule has 2 N–H and O–H groups in total. The molecule has 0 fully saturated rings. The lowest BCUT2D eigenvalue weighted by Gasteiger charge is -1.97. The number of carbonyl (C=O) groups is 1. The third-order valence-corrected chi connectivity index (χ3v) is 2.69. The number of amides is 1. The number of nitrogens with zero attached hydrogens (tertiary/aromatic N) is 1. The van der Waals surface area contributed by atoms with Gasteiger partial charge in [0.05, 0.1) is 4.88 Å². The fourth-order valence-corrected chi connectivity index (χ4v) is 1.82. The van der Waals surface area contributed by atoms with Gasteiger partial charge in [0.15, 0.2) is 0 Å². The number of aromatic amines is 1. The Hall–Kier alpha value is -1.62. The Morgan fingerprint density at radius 3 is 3.00 bits per heavy atom. The Bertz CT molecular complexity index is 433. The van der Waals surface area contributed by atoms with Crippen molar-refractivity contribution >= 4 is 23.2 Å². The number of anilines is 1. The first-order valence-corrected chi connectivity index (χ1v) is 4.94. The zero-order valence-corrected chi connectivity index (χ0v) is 8.39. The molecule has 0 aliphatic carbocycles. The minimum absolute atomic E-state index is 0.127. The Morgan fingerprint density at radius 2 is 2.43 bits per heavy atom. The van der Waals surface area contributed by atoms with E-state index in [0.717, 1.165) is 4.88 Å². The summed E-state index contributed by atoms with van der Waals surface area (Å²) in [6.07, 6.45) is 3.25. The highest BCUT2D eigenvalue weighted by atomic mass is 32.1. The van der Waals surface area contributed by atoms with E-state index in [0.29, 0.717) is 10.8 Å². The van der Waals surface area contributed by atoms with Crippen LogP contribution in [0, 0.1) is 6.92 Å². The van der Waals surface area contributed by atoms with Crippen molar-refractivity contribution < 1.29 is 4.79 Å². The average molecular weight is 207 g/mol. The molecule has 0 spiro atoms. The van der Waals surface area contributed by atoms with Crippen LogP contribution in [0.15, 0.2) is 24.5 Å². The smallest absolute Gasteiger partial charge is 0.268 e. The summed E-state index contributed by atoms with van der Waals surface area (Å²) >= 11 is 1.46. The van der Waals surface area contributed by atoms with Crippen LogP contribution in [0.5, 0.6) is 0 Å². The van der Waals surface area contributed by atoms with Crippen LogP contribution in [-0.4, -0.2) is 15.9 Å². The van der Waals surface area contributed by atoms with Crippen molar-refractivity contribution in [2.45, 2.75) is 6.92 Å². The highest BCUT2D eigenvalue weighted by Crippen LogP contribution is 2.15. The first-order valence-electron chi connectivity index (χ1n) is 4.13. The van der Waals surface area contributed by atoms with Crippen molar-refractivity contribution in [1.82, 2.24) is 9.97 Å². The van der Waals surface area contributed by atoms with Crippen LogP contribution in [0.1, 0.15) is 14.5 Å².